The van der Waals surface area contributed by atoms with Gasteiger partial charge in [-0.05, 0) is 68.3 Å². The molecule has 1 aliphatic rings. The number of piperidine rings is 1. The summed E-state index contributed by atoms with van der Waals surface area (Å²) in [5.74, 6) is 0.745. The fraction of sp³-hybridized carbons (Fsp3) is 0.300. The topological polar surface area (TPSA) is 58.6 Å². The second-order valence-corrected chi connectivity index (χ2v) is 5.96. The van der Waals surface area contributed by atoms with Crippen LogP contribution in [0.15, 0.2) is 48.5 Å². The second-order valence-electron chi connectivity index (χ2n) is 5.96. The lowest BCUT2D eigenvalue weighted by molar-refractivity contribution is -0.119. The van der Waals surface area contributed by atoms with Gasteiger partial charge in [-0.25, -0.2) is 0 Å². The van der Waals surface area contributed by atoms with E-state index in [1.807, 2.05) is 43.3 Å². The summed E-state index contributed by atoms with van der Waals surface area (Å²) < 4.78 is 5.39. The summed E-state index contributed by atoms with van der Waals surface area (Å²) >= 11 is 0. The molecule has 5 nitrogen and oxygen atoms in total. The predicted molar refractivity (Wildman–Crippen MR) is 98.2 cm³/mol. The Hall–Kier alpha value is -2.82. The van der Waals surface area contributed by atoms with E-state index < -0.39 is 0 Å². The summed E-state index contributed by atoms with van der Waals surface area (Å²) in [5, 5.41) is 2.86. The standard InChI is InChI=1S/C20H22N2O3/c1-2-25-18-12-8-16(9-13-18)21-20(24)15-6-10-17(11-7-15)22-14-4-3-5-19(22)23/h6-13H,2-5,14H2,1H3,(H,21,24). The van der Waals surface area contributed by atoms with Crippen LogP contribution in [0.4, 0.5) is 11.4 Å². The number of amides is 2. The van der Waals surface area contributed by atoms with Crippen LogP contribution in [0.25, 0.3) is 0 Å². The molecule has 0 radical (unpaired) electrons. The molecular formula is C20H22N2O3. The Labute approximate surface area is 147 Å². The first-order valence-corrected chi connectivity index (χ1v) is 8.62. The molecule has 1 N–H and O–H groups in total. The molecule has 0 aliphatic carbocycles. The van der Waals surface area contributed by atoms with Crippen LogP contribution in [-0.2, 0) is 4.79 Å². The zero-order valence-electron chi connectivity index (χ0n) is 14.3. The largest absolute Gasteiger partial charge is 0.494 e. The van der Waals surface area contributed by atoms with Crippen molar-refractivity contribution < 1.29 is 14.3 Å². The molecule has 25 heavy (non-hydrogen) atoms. The van der Waals surface area contributed by atoms with Gasteiger partial charge in [-0.2, -0.15) is 0 Å². The van der Waals surface area contributed by atoms with E-state index in [1.165, 1.54) is 0 Å². The van der Waals surface area contributed by atoms with Crippen LogP contribution >= 0.6 is 0 Å². The Bertz CT molecular complexity index is 739. The first kappa shape index (κ1) is 17.0. The molecule has 2 aromatic rings. The molecule has 0 bridgehead atoms. The highest BCUT2D eigenvalue weighted by molar-refractivity contribution is 6.04. The number of hydrogen-bond donors (Lipinski definition) is 1. The van der Waals surface area contributed by atoms with E-state index in [2.05, 4.69) is 5.32 Å². The fourth-order valence-corrected chi connectivity index (χ4v) is 2.88. The van der Waals surface area contributed by atoms with Crippen LogP contribution in [0.1, 0.15) is 36.5 Å². The second kappa shape index (κ2) is 7.83. The molecule has 3 rings (SSSR count). The van der Waals surface area contributed by atoms with Crippen molar-refractivity contribution in [2.75, 3.05) is 23.4 Å². The molecule has 1 heterocycles. The van der Waals surface area contributed by atoms with E-state index in [1.54, 1.807) is 17.0 Å². The van der Waals surface area contributed by atoms with Gasteiger partial charge in [0, 0.05) is 29.9 Å². The number of ether oxygens (including phenoxy) is 1. The first-order chi connectivity index (χ1) is 12.2. The van der Waals surface area contributed by atoms with Gasteiger partial charge in [-0.1, -0.05) is 0 Å². The molecule has 0 aromatic heterocycles. The lowest BCUT2D eigenvalue weighted by Gasteiger charge is -2.26. The highest BCUT2D eigenvalue weighted by atomic mass is 16.5. The van der Waals surface area contributed by atoms with Crippen molar-refractivity contribution in [1.82, 2.24) is 0 Å². The molecule has 2 amide bonds. The maximum Gasteiger partial charge on any atom is 0.255 e. The van der Waals surface area contributed by atoms with E-state index in [-0.39, 0.29) is 11.8 Å². The maximum atomic E-state index is 12.4. The van der Waals surface area contributed by atoms with Crippen molar-refractivity contribution in [3.05, 3.63) is 54.1 Å². The Kier molecular flexibility index (Phi) is 5.33. The van der Waals surface area contributed by atoms with Gasteiger partial charge in [0.25, 0.3) is 5.91 Å². The number of nitrogens with one attached hydrogen (secondary N) is 1. The Morgan fingerprint density at radius 3 is 2.44 bits per heavy atom. The van der Waals surface area contributed by atoms with E-state index >= 15 is 0 Å². The highest BCUT2D eigenvalue weighted by Gasteiger charge is 2.19. The molecule has 1 saturated heterocycles. The summed E-state index contributed by atoms with van der Waals surface area (Å²) in [4.78, 5) is 26.1. The third-order valence-corrected chi connectivity index (χ3v) is 4.19. The fourth-order valence-electron chi connectivity index (χ4n) is 2.88. The molecule has 5 heteroatoms. The van der Waals surface area contributed by atoms with Gasteiger partial charge in [-0.3, -0.25) is 9.59 Å². The van der Waals surface area contributed by atoms with E-state index in [4.69, 9.17) is 4.74 Å². The van der Waals surface area contributed by atoms with Gasteiger partial charge in [0.2, 0.25) is 5.91 Å². The molecule has 0 unspecified atom stereocenters. The SMILES string of the molecule is CCOc1ccc(NC(=O)c2ccc(N3CCCCC3=O)cc2)cc1. The number of nitrogens with zero attached hydrogens (tertiary/aromatic N) is 1. The van der Waals surface area contributed by atoms with Crippen molar-refractivity contribution in [2.24, 2.45) is 0 Å². The van der Waals surface area contributed by atoms with E-state index in [9.17, 15) is 9.59 Å². The predicted octanol–water partition coefficient (Wildman–Crippen LogP) is 3.85. The Morgan fingerprint density at radius 2 is 1.80 bits per heavy atom. The lowest BCUT2D eigenvalue weighted by Crippen LogP contribution is -2.35. The summed E-state index contributed by atoms with van der Waals surface area (Å²) in [6.45, 7) is 3.28. The van der Waals surface area contributed by atoms with Crippen LogP contribution in [0.5, 0.6) is 5.75 Å². The van der Waals surface area contributed by atoms with Crippen molar-refractivity contribution in [2.45, 2.75) is 26.2 Å². The average Bonchev–Trinajstić information content (AvgIpc) is 2.64. The molecule has 130 valence electrons. The zero-order valence-corrected chi connectivity index (χ0v) is 14.3. The van der Waals surface area contributed by atoms with Crippen molar-refractivity contribution in [3.63, 3.8) is 0 Å². The normalized spacial score (nSPS) is 14.3. The quantitative estimate of drug-likeness (QED) is 0.901. The van der Waals surface area contributed by atoms with Gasteiger partial charge < -0.3 is 15.0 Å². The van der Waals surface area contributed by atoms with Gasteiger partial charge >= 0.3 is 0 Å². The third-order valence-electron chi connectivity index (χ3n) is 4.19. The van der Waals surface area contributed by atoms with E-state index in [0.29, 0.717) is 24.3 Å². The molecular weight excluding hydrogens is 316 g/mol. The van der Waals surface area contributed by atoms with Crippen molar-refractivity contribution in [1.29, 1.82) is 0 Å². The number of carbonyl (C=O) groups is 2. The lowest BCUT2D eigenvalue weighted by atomic mass is 10.1. The van der Waals surface area contributed by atoms with Crippen LogP contribution in [0.2, 0.25) is 0 Å². The average molecular weight is 338 g/mol. The van der Waals surface area contributed by atoms with Gasteiger partial charge in [0.05, 0.1) is 6.61 Å². The Morgan fingerprint density at radius 1 is 1.08 bits per heavy atom. The van der Waals surface area contributed by atoms with Gasteiger partial charge in [0.15, 0.2) is 0 Å². The summed E-state index contributed by atoms with van der Waals surface area (Å²) in [7, 11) is 0. The minimum atomic E-state index is -0.180. The molecule has 1 fully saturated rings. The molecule has 2 aromatic carbocycles. The number of hydrogen-bond acceptors (Lipinski definition) is 3. The molecule has 0 atom stereocenters. The van der Waals surface area contributed by atoms with Crippen molar-refractivity contribution >= 4 is 23.2 Å². The molecule has 0 saturated carbocycles. The monoisotopic (exact) mass is 338 g/mol. The number of rotatable bonds is 5. The zero-order chi connectivity index (χ0) is 17.6. The molecule has 1 aliphatic heterocycles. The van der Waals surface area contributed by atoms with Crippen LogP contribution in [0, 0.1) is 0 Å². The highest BCUT2D eigenvalue weighted by Crippen LogP contribution is 2.22. The van der Waals surface area contributed by atoms with Gasteiger partial charge in [-0.15, -0.1) is 0 Å². The van der Waals surface area contributed by atoms with Crippen molar-refractivity contribution in [3.8, 4) is 5.75 Å². The minimum absolute atomic E-state index is 0.151. The van der Waals surface area contributed by atoms with Crippen LogP contribution < -0.4 is 15.0 Å². The Balaban J connectivity index is 1.65. The first-order valence-electron chi connectivity index (χ1n) is 8.62. The smallest absolute Gasteiger partial charge is 0.255 e. The number of benzene rings is 2. The van der Waals surface area contributed by atoms with Crippen LogP contribution in [0.3, 0.4) is 0 Å². The summed E-state index contributed by atoms with van der Waals surface area (Å²) in [5.41, 5.74) is 2.12. The maximum absolute atomic E-state index is 12.4. The minimum Gasteiger partial charge on any atom is -0.494 e. The number of carbonyl (C=O) groups excluding carboxylic acids is 2. The number of anilines is 2. The third kappa shape index (κ3) is 4.18. The van der Waals surface area contributed by atoms with E-state index in [0.717, 1.165) is 30.8 Å². The summed E-state index contributed by atoms with van der Waals surface area (Å²) in [6.07, 6.45) is 2.57. The summed E-state index contributed by atoms with van der Waals surface area (Å²) in [6, 6.07) is 14.4. The molecule has 0 spiro atoms. The van der Waals surface area contributed by atoms with Gasteiger partial charge in [0.1, 0.15) is 5.75 Å². The van der Waals surface area contributed by atoms with Crippen LogP contribution in [-0.4, -0.2) is 25.0 Å².